The zero-order valence-corrected chi connectivity index (χ0v) is 10.3. The molecule has 1 heterocycles. The fourth-order valence-corrected chi connectivity index (χ4v) is 1.91. The molecule has 2 aromatic rings. The van der Waals surface area contributed by atoms with Crippen LogP contribution in [0.5, 0.6) is 5.75 Å². The van der Waals surface area contributed by atoms with Gasteiger partial charge in [-0.1, -0.05) is 11.6 Å². The molecule has 0 saturated carbocycles. The zero-order chi connectivity index (χ0) is 10.8. The number of benzene rings is 1. The Morgan fingerprint density at radius 2 is 2.27 bits per heavy atom. The van der Waals surface area contributed by atoms with Crippen molar-refractivity contribution in [2.45, 2.75) is 0 Å². The number of aromatic nitrogens is 2. The summed E-state index contributed by atoms with van der Waals surface area (Å²) in [5.41, 5.74) is 0.856. The van der Waals surface area contributed by atoms with Crippen molar-refractivity contribution in [1.29, 1.82) is 0 Å². The van der Waals surface area contributed by atoms with Gasteiger partial charge in [-0.15, -0.1) is 0 Å². The summed E-state index contributed by atoms with van der Waals surface area (Å²) in [6.07, 6.45) is 3.53. The molecule has 0 N–H and O–H groups in total. The molecular formula is C10H8BrClN2O. The van der Waals surface area contributed by atoms with Crippen LogP contribution in [-0.2, 0) is 0 Å². The molecule has 0 atom stereocenters. The van der Waals surface area contributed by atoms with E-state index in [9.17, 15) is 0 Å². The fraction of sp³-hybridized carbons (Fsp3) is 0.100. The van der Waals surface area contributed by atoms with Crippen LogP contribution in [0, 0.1) is 0 Å². The van der Waals surface area contributed by atoms with Gasteiger partial charge in [0.05, 0.1) is 12.8 Å². The number of hydrogen-bond acceptors (Lipinski definition) is 2. The summed E-state index contributed by atoms with van der Waals surface area (Å²) >= 11 is 9.28. The molecule has 1 aromatic carbocycles. The van der Waals surface area contributed by atoms with E-state index in [1.165, 1.54) is 0 Å². The fourth-order valence-electron chi connectivity index (χ4n) is 1.32. The van der Waals surface area contributed by atoms with Crippen molar-refractivity contribution in [2.75, 3.05) is 7.11 Å². The largest absolute Gasteiger partial charge is 0.495 e. The molecule has 3 nitrogen and oxygen atoms in total. The number of imidazole rings is 1. The van der Waals surface area contributed by atoms with E-state index in [0.29, 0.717) is 9.76 Å². The summed E-state index contributed by atoms with van der Waals surface area (Å²) in [6, 6.07) is 5.44. The Balaban J connectivity index is 2.60. The minimum absolute atomic E-state index is 0.659. The first-order valence-electron chi connectivity index (χ1n) is 4.25. The Hall–Kier alpha value is -1.00. The molecule has 0 aliphatic heterocycles. The highest BCUT2D eigenvalue weighted by atomic mass is 79.9. The minimum Gasteiger partial charge on any atom is -0.495 e. The van der Waals surface area contributed by atoms with E-state index in [0.717, 1.165) is 11.4 Å². The van der Waals surface area contributed by atoms with Gasteiger partial charge in [-0.3, -0.25) is 4.57 Å². The molecule has 0 saturated heterocycles. The third kappa shape index (κ3) is 2.01. The average molecular weight is 288 g/mol. The van der Waals surface area contributed by atoms with Gasteiger partial charge in [0.25, 0.3) is 0 Å². The molecule has 0 aliphatic carbocycles. The predicted octanol–water partition coefficient (Wildman–Crippen LogP) is 3.30. The number of methoxy groups -OCH3 is 1. The molecule has 0 bridgehead atoms. The first kappa shape index (κ1) is 10.5. The lowest BCUT2D eigenvalue weighted by Gasteiger charge is -2.10. The summed E-state index contributed by atoms with van der Waals surface area (Å²) in [5, 5.41) is 0.659. The van der Waals surface area contributed by atoms with Crippen molar-refractivity contribution in [1.82, 2.24) is 9.55 Å². The van der Waals surface area contributed by atoms with Gasteiger partial charge in [0.15, 0.2) is 4.73 Å². The van der Waals surface area contributed by atoms with Crippen LogP contribution in [0.1, 0.15) is 0 Å². The summed E-state index contributed by atoms with van der Waals surface area (Å²) < 4.78 is 7.81. The lowest BCUT2D eigenvalue weighted by atomic mass is 10.3. The summed E-state index contributed by atoms with van der Waals surface area (Å²) in [5.74, 6) is 0.748. The second-order valence-electron chi connectivity index (χ2n) is 2.88. The maximum Gasteiger partial charge on any atom is 0.181 e. The highest BCUT2D eigenvalue weighted by molar-refractivity contribution is 9.10. The first-order chi connectivity index (χ1) is 7.22. The third-order valence-electron chi connectivity index (χ3n) is 2.00. The van der Waals surface area contributed by atoms with E-state index >= 15 is 0 Å². The van der Waals surface area contributed by atoms with Gasteiger partial charge in [-0.2, -0.15) is 0 Å². The van der Waals surface area contributed by atoms with Gasteiger partial charge in [0.1, 0.15) is 5.75 Å². The Morgan fingerprint density at radius 1 is 1.47 bits per heavy atom. The Labute approximate surface area is 101 Å². The van der Waals surface area contributed by atoms with Crippen LogP contribution >= 0.6 is 27.5 Å². The second-order valence-corrected chi connectivity index (χ2v) is 4.03. The third-order valence-corrected chi connectivity index (χ3v) is 2.82. The topological polar surface area (TPSA) is 27.1 Å². The molecule has 15 heavy (non-hydrogen) atoms. The van der Waals surface area contributed by atoms with Gasteiger partial charge < -0.3 is 4.74 Å². The lowest BCUT2D eigenvalue weighted by molar-refractivity contribution is 0.412. The Bertz CT molecular complexity index is 484. The Morgan fingerprint density at radius 3 is 2.87 bits per heavy atom. The van der Waals surface area contributed by atoms with Crippen LogP contribution < -0.4 is 4.74 Å². The maximum absolute atomic E-state index is 5.94. The van der Waals surface area contributed by atoms with Crippen molar-refractivity contribution in [3.63, 3.8) is 0 Å². The molecule has 0 unspecified atom stereocenters. The molecule has 1 aromatic heterocycles. The van der Waals surface area contributed by atoms with Crippen molar-refractivity contribution in [3.05, 3.63) is 40.3 Å². The van der Waals surface area contributed by atoms with Gasteiger partial charge in [0, 0.05) is 17.4 Å². The SMILES string of the molecule is COc1ccc(Cl)cc1-n1ccnc1Br. The molecule has 0 fully saturated rings. The van der Waals surface area contributed by atoms with Gasteiger partial charge in [-0.25, -0.2) is 4.98 Å². The van der Waals surface area contributed by atoms with E-state index in [4.69, 9.17) is 16.3 Å². The summed E-state index contributed by atoms with van der Waals surface area (Å²) in [6.45, 7) is 0. The van der Waals surface area contributed by atoms with E-state index in [1.54, 1.807) is 19.4 Å². The quantitative estimate of drug-likeness (QED) is 0.847. The molecule has 5 heteroatoms. The van der Waals surface area contributed by atoms with Crippen LogP contribution in [0.4, 0.5) is 0 Å². The van der Waals surface area contributed by atoms with Crippen LogP contribution in [0.15, 0.2) is 35.3 Å². The van der Waals surface area contributed by atoms with Crippen LogP contribution in [-0.4, -0.2) is 16.7 Å². The standard InChI is InChI=1S/C10H8BrClN2O/c1-15-9-3-2-7(12)6-8(9)14-5-4-13-10(14)11/h2-6H,1H3. The van der Waals surface area contributed by atoms with Crippen LogP contribution in [0.25, 0.3) is 5.69 Å². The van der Waals surface area contributed by atoms with E-state index in [2.05, 4.69) is 20.9 Å². The summed E-state index contributed by atoms with van der Waals surface area (Å²) in [7, 11) is 1.62. The van der Waals surface area contributed by atoms with Crippen molar-refractivity contribution in [2.24, 2.45) is 0 Å². The van der Waals surface area contributed by atoms with Crippen molar-refractivity contribution >= 4 is 27.5 Å². The molecular weight excluding hydrogens is 279 g/mol. The molecule has 0 spiro atoms. The normalized spacial score (nSPS) is 10.3. The van der Waals surface area contributed by atoms with E-state index in [1.807, 2.05) is 22.9 Å². The van der Waals surface area contributed by atoms with Crippen molar-refractivity contribution < 1.29 is 4.74 Å². The van der Waals surface area contributed by atoms with Crippen LogP contribution in [0.3, 0.4) is 0 Å². The Kier molecular flexibility index (Phi) is 2.98. The smallest absolute Gasteiger partial charge is 0.181 e. The van der Waals surface area contributed by atoms with Gasteiger partial charge in [0.2, 0.25) is 0 Å². The zero-order valence-electron chi connectivity index (χ0n) is 7.95. The van der Waals surface area contributed by atoms with Gasteiger partial charge in [-0.05, 0) is 34.1 Å². The first-order valence-corrected chi connectivity index (χ1v) is 5.42. The highest BCUT2D eigenvalue weighted by Crippen LogP contribution is 2.28. The van der Waals surface area contributed by atoms with E-state index in [-0.39, 0.29) is 0 Å². The molecule has 78 valence electrons. The number of rotatable bonds is 2. The number of halogens is 2. The monoisotopic (exact) mass is 286 g/mol. The number of ether oxygens (including phenoxy) is 1. The van der Waals surface area contributed by atoms with Crippen molar-refractivity contribution in [3.8, 4) is 11.4 Å². The number of hydrogen-bond donors (Lipinski definition) is 0. The van der Waals surface area contributed by atoms with Gasteiger partial charge >= 0.3 is 0 Å². The lowest BCUT2D eigenvalue weighted by Crippen LogP contribution is -1.97. The molecule has 0 amide bonds. The predicted molar refractivity (Wildman–Crippen MR) is 62.8 cm³/mol. The second kappa shape index (κ2) is 4.24. The minimum atomic E-state index is 0.659. The summed E-state index contributed by atoms with van der Waals surface area (Å²) in [4.78, 5) is 4.08. The van der Waals surface area contributed by atoms with Crippen LogP contribution in [0.2, 0.25) is 5.02 Å². The molecule has 0 radical (unpaired) electrons. The molecule has 2 rings (SSSR count). The highest BCUT2D eigenvalue weighted by Gasteiger charge is 2.08. The van der Waals surface area contributed by atoms with E-state index < -0.39 is 0 Å². The number of nitrogens with zero attached hydrogens (tertiary/aromatic N) is 2. The average Bonchev–Trinajstić information content (AvgIpc) is 2.64. The molecule has 0 aliphatic rings. The maximum atomic E-state index is 5.94.